The smallest absolute Gasteiger partial charge is 0.0762 e. The molecule has 1 aliphatic rings. The fraction of sp³-hybridized carbons (Fsp3) is 0.600. The summed E-state index contributed by atoms with van der Waals surface area (Å²) in [4.78, 5) is 0. The lowest BCUT2D eigenvalue weighted by atomic mass is 9.96. The third-order valence-corrected chi connectivity index (χ3v) is 4.15. The largest absolute Gasteiger partial charge is 0.305 e. The summed E-state index contributed by atoms with van der Waals surface area (Å²) in [5, 5.41) is 12.3. The molecule has 3 rings (SSSR count). The number of nitrogens with one attached hydrogen (secondary N) is 1. The molecule has 0 amide bonds. The highest BCUT2D eigenvalue weighted by Gasteiger charge is 2.15. The van der Waals surface area contributed by atoms with Crippen molar-refractivity contribution in [3.05, 3.63) is 35.9 Å². The molecule has 20 heavy (non-hydrogen) atoms. The number of aryl methyl sites for hydroxylation is 1. The molecule has 5 nitrogen and oxygen atoms in total. The Labute approximate surface area is 120 Å². The minimum absolute atomic E-state index is 0.620. The number of hydrogen-bond acceptors (Lipinski definition) is 3. The highest BCUT2D eigenvalue weighted by atomic mass is 15.3. The standard InChI is InChI=1S/C15H23N5/c1-19-15(7-9-17-19)12-16-11-13-8-10-20(18-13)14-5-3-2-4-6-14/h7-10,14,16H,2-6,11-12H2,1H3. The van der Waals surface area contributed by atoms with Crippen molar-refractivity contribution in [2.45, 2.75) is 51.2 Å². The van der Waals surface area contributed by atoms with Gasteiger partial charge in [-0.1, -0.05) is 19.3 Å². The maximum Gasteiger partial charge on any atom is 0.0762 e. The van der Waals surface area contributed by atoms with Crippen LogP contribution in [0.2, 0.25) is 0 Å². The van der Waals surface area contributed by atoms with Crippen LogP contribution in [-0.4, -0.2) is 19.6 Å². The van der Waals surface area contributed by atoms with Crippen LogP contribution in [0.15, 0.2) is 24.5 Å². The molecule has 2 aromatic rings. The van der Waals surface area contributed by atoms with Gasteiger partial charge in [-0.2, -0.15) is 10.2 Å². The van der Waals surface area contributed by atoms with E-state index in [2.05, 4.69) is 27.4 Å². The number of hydrogen-bond donors (Lipinski definition) is 1. The van der Waals surface area contributed by atoms with E-state index in [4.69, 9.17) is 5.10 Å². The van der Waals surface area contributed by atoms with Gasteiger partial charge < -0.3 is 5.32 Å². The Bertz CT molecular complexity index is 536. The van der Waals surface area contributed by atoms with Gasteiger partial charge in [-0.25, -0.2) is 0 Å². The van der Waals surface area contributed by atoms with Crippen LogP contribution in [0.1, 0.15) is 49.5 Å². The van der Waals surface area contributed by atoms with Crippen LogP contribution in [0, 0.1) is 0 Å². The maximum atomic E-state index is 4.71. The van der Waals surface area contributed by atoms with E-state index in [9.17, 15) is 0 Å². The second-order valence-corrected chi connectivity index (χ2v) is 5.63. The van der Waals surface area contributed by atoms with E-state index in [-0.39, 0.29) is 0 Å². The minimum atomic E-state index is 0.620. The van der Waals surface area contributed by atoms with Crippen LogP contribution >= 0.6 is 0 Å². The summed E-state index contributed by atoms with van der Waals surface area (Å²) in [6.45, 7) is 1.64. The topological polar surface area (TPSA) is 47.7 Å². The van der Waals surface area contributed by atoms with Crippen molar-refractivity contribution in [2.75, 3.05) is 0 Å². The van der Waals surface area contributed by atoms with Crippen molar-refractivity contribution in [3.8, 4) is 0 Å². The molecular formula is C15H23N5. The third-order valence-electron chi connectivity index (χ3n) is 4.15. The van der Waals surface area contributed by atoms with Crippen molar-refractivity contribution in [1.82, 2.24) is 24.9 Å². The Kier molecular flexibility index (Phi) is 4.16. The van der Waals surface area contributed by atoms with E-state index in [0.717, 1.165) is 18.8 Å². The van der Waals surface area contributed by atoms with E-state index in [1.807, 2.05) is 24.0 Å². The van der Waals surface area contributed by atoms with Gasteiger partial charge in [0.25, 0.3) is 0 Å². The average molecular weight is 273 g/mol. The van der Waals surface area contributed by atoms with E-state index >= 15 is 0 Å². The zero-order valence-corrected chi connectivity index (χ0v) is 12.1. The highest BCUT2D eigenvalue weighted by molar-refractivity contribution is 5.02. The molecule has 2 heterocycles. The van der Waals surface area contributed by atoms with Gasteiger partial charge in [0.15, 0.2) is 0 Å². The molecule has 1 aliphatic carbocycles. The van der Waals surface area contributed by atoms with Crippen LogP contribution in [-0.2, 0) is 20.1 Å². The maximum absolute atomic E-state index is 4.71. The summed E-state index contributed by atoms with van der Waals surface area (Å²) in [6, 6.07) is 4.79. The van der Waals surface area contributed by atoms with Crippen LogP contribution in [0.25, 0.3) is 0 Å². The second kappa shape index (κ2) is 6.22. The molecule has 0 bridgehead atoms. The van der Waals surface area contributed by atoms with Crippen LogP contribution in [0.5, 0.6) is 0 Å². The van der Waals surface area contributed by atoms with E-state index in [1.165, 1.54) is 37.8 Å². The molecule has 0 atom stereocenters. The van der Waals surface area contributed by atoms with Gasteiger partial charge in [-0.3, -0.25) is 9.36 Å². The first-order chi connectivity index (χ1) is 9.83. The minimum Gasteiger partial charge on any atom is -0.305 e. The lowest BCUT2D eigenvalue weighted by molar-refractivity contribution is 0.327. The predicted octanol–water partition coefficient (Wildman–Crippen LogP) is 2.41. The molecule has 0 spiro atoms. The van der Waals surface area contributed by atoms with Gasteiger partial charge in [0.05, 0.1) is 17.4 Å². The summed E-state index contributed by atoms with van der Waals surface area (Å²) < 4.78 is 4.06. The molecule has 5 heteroatoms. The summed E-state index contributed by atoms with van der Waals surface area (Å²) in [5.41, 5.74) is 2.31. The van der Waals surface area contributed by atoms with Crippen LogP contribution < -0.4 is 5.32 Å². The lowest BCUT2D eigenvalue weighted by Gasteiger charge is -2.21. The molecule has 0 radical (unpaired) electrons. The summed E-state index contributed by atoms with van der Waals surface area (Å²) in [7, 11) is 1.97. The summed E-state index contributed by atoms with van der Waals surface area (Å²) in [5.74, 6) is 0. The van der Waals surface area contributed by atoms with Crippen molar-refractivity contribution in [1.29, 1.82) is 0 Å². The summed E-state index contributed by atoms with van der Waals surface area (Å²) in [6.07, 6.45) is 10.6. The monoisotopic (exact) mass is 273 g/mol. The molecule has 1 fully saturated rings. The molecule has 2 aromatic heterocycles. The number of aromatic nitrogens is 4. The van der Waals surface area contributed by atoms with Crippen molar-refractivity contribution in [2.24, 2.45) is 7.05 Å². The van der Waals surface area contributed by atoms with Crippen molar-refractivity contribution < 1.29 is 0 Å². The zero-order chi connectivity index (χ0) is 13.8. The van der Waals surface area contributed by atoms with Crippen molar-refractivity contribution in [3.63, 3.8) is 0 Å². The first kappa shape index (κ1) is 13.4. The van der Waals surface area contributed by atoms with Crippen LogP contribution in [0.3, 0.4) is 0 Å². The normalized spacial score (nSPS) is 16.6. The van der Waals surface area contributed by atoms with E-state index < -0.39 is 0 Å². The molecule has 1 N–H and O–H groups in total. The third kappa shape index (κ3) is 3.10. The van der Waals surface area contributed by atoms with E-state index in [0.29, 0.717) is 6.04 Å². The Hall–Kier alpha value is -1.62. The lowest BCUT2D eigenvalue weighted by Crippen LogP contribution is -2.17. The van der Waals surface area contributed by atoms with Gasteiger partial charge in [-0.15, -0.1) is 0 Å². The van der Waals surface area contributed by atoms with Gasteiger partial charge >= 0.3 is 0 Å². The first-order valence-electron chi connectivity index (χ1n) is 7.54. The molecule has 108 valence electrons. The first-order valence-corrected chi connectivity index (χ1v) is 7.54. The molecule has 0 aliphatic heterocycles. The quantitative estimate of drug-likeness (QED) is 0.910. The molecule has 1 saturated carbocycles. The number of rotatable bonds is 5. The second-order valence-electron chi connectivity index (χ2n) is 5.63. The molecule has 0 aromatic carbocycles. The molecular weight excluding hydrogens is 250 g/mol. The van der Waals surface area contributed by atoms with Gasteiger partial charge in [0, 0.05) is 32.5 Å². The van der Waals surface area contributed by atoms with Gasteiger partial charge in [0.1, 0.15) is 0 Å². The average Bonchev–Trinajstić information content (AvgIpc) is 3.10. The Morgan fingerprint density at radius 1 is 1.20 bits per heavy atom. The number of nitrogens with zero attached hydrogens (tertiary/aromatic N) is 4. The Balaban J connectivity index is 1.51. The molecule has 0 unspecified atom stereocenters. The van der Waals surface area contributed by atoms with Gasteiger partial charge in [0.2, 0.25) is 0 Å². The Morgan fingerprint density at radius 2 is 2.05 bits per heavy atom. The van der Waals surface area contributed by atoms with Gasteiger partial charge in [-0.05, 0) is 25.0 Å². The predicted molar refractivity (Wildman–Crippen MR) is 78.1 cm³/mol. The Morgan fingerprint density at radius 3 is 2.80 bits per heavy atom. The molecule has 0 saturated heterocycles. The fourth-order valence-electron chi connectivity index (χ4n) is 2.91. The fourth-order valence-corrected chi connectivity index (χ4v) is 2.91. The summed E-state index contributed by atoms with van der Waals surface area (Å²) >= 11 is 0. The highest BCUT2D eigenvalue weighted by Crippen LogP contribution is 2.27. The van der Waals surface area contributed by atoms with Crippen molar-refractivity contribution >= 4 is 0 Å². The zero-order valence-electron chi connectivity index (χ0n) is 12.1. The van der Waals surface area contributed by atoms with Crippen LogP contribution in [0.4, 0.5) is 0 Å². The SMILES string of the molecule is Cn1nccc1CNCc1ccn(C2CCCCC2)n1. The van der Waals surface area contributed by atoms with E-state index in [1.54, 1.807) is 0 Å².